The lowest BCUT2D eigenvalue weighted by molar-refractivity contribution is 0.0449. The molecule has 2 heterocycles. The van der Waals surface area contributed by atoms with Gasteiger partial charge >= 0.3 is 0 Å². The number of hydrogen-bond acceptors (Lipinski definition) is 4. The molecule has 1 fully saturated rings. The lowest BCUT2D eigenvalue weighted by atomic mass is 9.85. The number of nitrogens with zero attached hydrogens (tertiary/aromatic N) is 4. The van der Waals surface area contributed by atoms with Crippen LogP contribution in [0.2, 0.25) is 0 Å². The van der Waals surface area contributed by atoms with Gasteiger partial charge in [-0.25, -0.2) is 0 Å². The van der Waals surface area contributed by atoms with Crippen molar-refractivity contribution in [2.45, 2.75) is 49.9 Å². The smallest absolute Gasteiger partial charge is 0.0776 e. The summed E-state index contributed by atoms with van der Waals surface area (Å²) < 4.78 is 0. The van der Waals surface area contributed by atoms with Gasteiger partial charge in [0.25, 0.3) is 0 Å². The van der Waals surface area contributed by atoms with Gasteiger partial charge in [0.05, 0.1) is 23.5 Å². The summed E-state index contributed by atoms with van der Waals surface area (Å²) in [5, 5.41) is 0. The lowest BCUT2D eigenvalue weighted by Gasteiger charge is -2.47. The van der Waals surface area contributed by atoms with Crippen molar-refractivity contribution in [1.82, 2.24) is 19.8 Å². The van der Waals surface area contributed by atoms with Gasteiger partial charge in [-0.15, -0.1) is 0 Å². The Morgan fingerprint density at radius 1 is 0.556 bits per heavy atom. The van der Waals surface area contributed by atoms with E-state index in [1.807, 2.05) is 24.5 Å². The summed E-state index contributed by atoms with van der Waals surface area (Å²) in [5.74, 6) is 0. The predicted molar refractivity (Wildman–Crippen MR) is 147 cm³/mol. The summed E-state index contributed by atoms with van der Waals surface area (Å²) >= 11 is 0. The number of rotatable bonds is 8. The van der Waals surface area contributed by atoms with Gasteiger partial charge < -0.3 is 0 Å². The summed E-state index contributed by atoms with van der Waals surface area (Å²) in [4.78, 5) is 14.8. The molecule has 0 bridgehead atoms. The van der Waals surface area contributed by atoms with Crippen LogP contribution in [0.15, 0.2) is 109 Å². The second-order valence-electron chi connectivity index (χ2n) is 9.89. The molecule has 2 aromatic heterocycles. The van der Waals surface area contributed by atoms with Crippen molar-refractivity contribution in [3.63, 3.8) is 0 Å². The standard InChI is InChI=1S/C32H36N4/c1-35(31(25-15-5-3-6-16-25)27-19-11-13-23-33-27)29-21-9-10-22-30(29)36(2)32(26-17-7-4-8-18-26)28-20-12-14-24-34-28/h3-8,11-20,23-24,29-32H,9-10,21-22H2,1-2H3/t29-,30-,31?,32?/m1/s1. The molecule has 1 aliphatic rings. The van der Waals surface area contributed by atoms with Gasteiger partial charge in [-0.05, 0) is 62.3 Å². The molecule has 1 saturated carbocycles. The van der Waals surface area contributed by atoms with E-state index in [-0.39, 0.29) is 12.1 Å². The van der Waals surface area contributed by atoms with Crippen LogP contribution >= 0.6 is 0 Å². The SMILES string of the molecule is CN(C(c1ccccc1)c1ccccn1)[C@@H]1CCCC[C@H]1N(C)C(c1ccccc1)c1ccccn1. The molecule has 184 valence electrons. The van der Waals surface area contributed by atoms with Crippen molar-refractivity contribution in [2.75, 3.05) is 14.1 Å². The molecule has 0 amide bonds. The number of aromatic nitrogens is 2. The van der Waals surface area contributed by atoms with Crippen molar-refractivity contribution in [3.05, 3.63) is 132 Å². The van der Waals surface area contributed by atoms with Crippen LogP contribution in [0.25, 0.3) is 0 Å². The molecule has 1 aliphatic carbocycles. The van der Waals surface area contributed by atoms with Crippen LogP contribution < -0.4 is 0 Å². The maximum Gasteiger partial charge on any atom is 0.0776 e. The van der Waals surface area contributed by atoms with E-state index in [0.717, 1.165) is 11.4 Å². The Labute approximate surface area is 215 Å². The molecule has 4 aromatic rings. The summed E-state index contributed by atoms with van der Waals surface area (Å²) in [6, 6.07) is 35.2. The minimum absolute atomic E-state index is 0.108. The largest absolute Gasteiger partial charge is 0.290 e. The predicted octanol–water partition coefficient (Wildman–Crippen LogP) is 6.53. The Balaban J connectivity index is 1.51. The van der Waals surface area contributed by atoms with Crippen molar-refractivity contribution in [1.29, 1.82) is 0 Å². The Morgan fingerprint density at radius 2 is 0.944 bits per heavy atom. The first-order valence-corrected chi connectivity index (χ1v) is 13.1. The van der Waals surface area contributed by atoms with Gasteiger partial charge in [0.2, 0.25) is 0 Å². The van der Waals surface area contributed by atoms with Crippen molar-refractivity contribution >= 4 is 0 Å². The van der Waals surface area contributed by atoms with Crippen molar-refractivity contribution < 1.29 is 0 Å². The third kappa shape index (κ3) is 5.25. The second-order valence-corrected chi connectivity index (χ2v) is 9.89. The highest BCUT2D eigenvalue weighted by Gasteiger charge is 2.38. The molecule has 0 spiro atoms. The first-order chi connectivity index (χ1) is 17.7. The van der Waals surface area contributed by atoms with Crippen LogP contribution in [0.5, 0.6) is 0 Å². The number of pyridine rings is 2. The molecular formula is C32H36N4. The Morgan fingerprint density at radius 3 is 1.31 bits per heavy atom. The maximum atomic E-state index is 4.81. The van der Waals surface area contributed by atoms with Gasteiger partial charge in [-0.1, -0.05) is 85.6 Å². The van der Waals surface area contributed by atoms with E-state index < -0.39 is 0 Å². The molecule has 2 unspecified atom stereocenters. The zero-order chi connectivity index (χ0) is 24.7. The topological polar surface area (TPSA) is 32.3 Å². The fourth-order valence-corrected chi connectivity index (χ4v) is 6.00. The Bertz CT molecular complexity index is 1010. The van der Waals surface area contributed by atoms with E-state index in [0.29, 0.717) is 12.1 Å². The van der Waals surface area contributed by atoms with Crippen LogP contribution in [-0.4, -0.2) is 45.9 Å². The first-order valence-electron chi connectivity index (χ1n) is 13.1. The summed E-state index contributed by atoms with van der Waals surface area (Å²) in [6.45, 7) is 0. The summed E-state index contributed by atoms with van der Waals surface area (Å²) in [7, 11) is 4.59. The minimum Gasteiger partial charge on any atom is -0.290 e. The Hall–Kier alpha value is -3.34. The highest BCUT2D eigenvalue weighted by atomic mass is 15.3. The van der Waals surface area contributed by atoms with Crippen LogP contribution in [0.1, 0.15) is 60.3 Å². The van der Waals surface area contributed by atoms with Gasteiger partial charge in [-0.3, -0.25) is 19.8 Å². The van der Waals surface area contributed by atoms with E-state index in [1.54, 1.807) is 0 Å². The highest BCUT2D eigenvalue weighted by molar-refractivity contribution is 5.30. The van der Waals surface area contributed by atoms with E-state index in [9.17, 15) is 0 Å². The van der Waals surface area contributed by atoms with E-state index in [1.165, 1.54) is 36.8 Å². The minimum atomic E-state index is 0.108. The molecule has 4 heteroatoms. The number of benzene rings is 2. The zero-order valence-corrected chi connectivity index (χ0v) is 21.3. The molecule has 36 heavy (non-hydrogen) atoms. The van der Waals surface area contributed by atoms with Crippen LogP contribution in [0, 0.1) is 0 Å². The van der Waals surface area contributed by atoms with E-state index in [4.69, 9.17) is 9.97 Å². The second kappa shape index (κ2) is 11.6. The van der Waals surface area contributed by atoms with E-state index >= 15 is 0 Å². The van der Waals surface area contributed by atoms with Crippen LogP contribution in [0.4, 0.5) is 0 Å². The number of likely N-dealkylation sites (N-methyl/N-ethyl adjacent to an activating group) is 2. The molecule has 0 aliphatic heterocycles. The molecule has 5 rings (SSSR count). The van der Waals surface area contributed by atoms with Gasteiger partial charge in [0.1, 0.15) is 0 Å². The van der Waals surface area contributed by atoms with Crippen LogP contribution in [-0.2, 0) is 0 Å². The van der Waals surface area contributed by atoms with Gasteiger partial charge in [-0.2, -0.15) is 0 Å². The molecule has 4 nitrogen and oxygen atoms in total. The Kier molecular flexibility index (Phi) is 7.85. The number of hydrogen-bond donors (Lipinski definition) is 0. The average molecular weight is 477 g/mol. The van der Waals surface area contributed by atoms with E-state index in [2.05, 4.69) is 109 Å². The fraction of sp³-hybridized carbons (Fsp3) is 0.312. The first kappa shape index (κ1) is 24.4. The zero-order valence-electron chi connectivity index (χ0n) is 21.3. The average Bonchev–Trinajstić information content (AvgIpc) is 2.95. The normalized spacial score (nSPS) is 19.8. The third-order valence-electron chi connectivity index (χ3n) is 7.72. The molecule has 0 N–H and O–H groups in total. The molecule has 0 saturated heterocycles. The third-order valence-corrected chi connectivity index (χ3v) is 7.72. The monoisotopic (exact) mass is 476 g/mol. The fourth-order valence-electron chi connectivity index (χ4n) is 6.00. The molecule has 4 atom stereocenters. The molecule has 2 aromatic carbocycles. The summed E-state index contributed by atoms with van der Waals surface area (Å²) in [6.07, 6.45) is 8.67. The van der Waals surface area contributed by atoms with Crippen molar-refractivity contribution in [3.8, 4) is 0 Å². The van der Waals surface area contributed by atoms with Gasteiger partial charge in [0, 0.05) is 24.5 Å². The highest BCUT2D eigenvalue weighted by Crippen LogP contribution is 2.38. The van der Waals surface area contributed by atoms with Gasteiger partial charge in [0.15, 0.2) is 0 Å². The van der Waals surface area contributed by atoms with Crippen LogP contribution in [0.3, 0.4) is 0 Å². The summed E-state index contributed by atoms with van der Waals surface area (Å²) in [5.41, 5.74) is 4.77. The maximum absolute atomic E-state index is 4.81. The van der Waals surface area contributed by atoms with Crippen molar-refractivity contribution in [2.24, 2.45) is 0 Å². The molecule has 0 radical (unpaired) electrons. The molecular weight excluding hydrogens is 440 g/mol. The quantitative estimate of drug-likeness (QED) is 0.289. The lowest BCUT2D eigenvalue weighted by Crippen LogP contribution is -2.53.